The molecule has 1 saturated carbocycles. The van der Waals surface area contributed by atoms with E-state index in [1.54, 1.807) is 0 Å². The summed E-state index contributed by atoms with van der Waals surface area (Å²) < 4.78 is 0. The van der Waals surface area contributed by atoms with Crippen LogP contribution in [0, 0.1) is 34.5 Å². The molecule has 7 heteroatoms. The highest BCUT2D eigenvalue weighted by Crippen LogP contribution is 2.32. The van der Waals surface area contributed by atoms with E-state index in [1.807, 2.05) is 0 Å². The second-order valence-corrected chi connectivity index (χ2v) is 13.7. The molecule has 7 nitrogen and oxygen atoms in total. The maximum absolute atomic E-state index is 9.37. The molecule has 0 aromatic heterocycles. The van der Waals surface area contributed by atoms with Crippen molar-refractivity contribution in [3.8, 4) is 0 Å². The Morgan fingerprint density at radius 2 is 1.68 bits per heavy atom. The van der Waals surface area contributed by atoms with Crippen molar-refractivity contribution >= 4 is 11.9 Å². The normalized spacial score (nSPS) is 28.9. The second-order valence-electron chi connectivity index (χ2n) is 13.7. The maximum atomic E-state index is 9.37. The van der Waals surface area contributed by atoms with Crippen LogP contribution < -0.4 is 5.32 Å². The van der Waals surface area contributed by atoms with Crippen molar-refractivity contribution in [3.05, 3.63) is 0 Å². The quantitative estimate of drug-likeness (QED) is 0.303. The first-order valence-electron chi connectivity index (χ1n) is 16.2. The molecular weight excluding hydrogens is 470 g/mol. The Morgan fingerprint density at radius 1 is 0.947 bits per heavy atom. The smallest absolute Gasteiger partial charge is 0.194 e. The van der Waals surface area contributed by atoms with Crippen LogP contribution in [0.15, 0.2) is 0 Å². The summed E-state index contributed by atoms with van der Waals surface area (Å²) in [6.07, 6.45) is 11.9. The van der Waals surface area contributed by atoms with Gasteiger partial charge in [-0.3, -0.25) is 15.7 Å². The fraction of sp³-hybridized carbons (Fsp3) is 0.935. The number of hydrogen-bond donors (Lipinski definition) is 3. The van der Waals surface area contributed by atoms with Gasteiger partial charge in [0.05, 0.1) is 12.1 Å². The van der Waals surface area contributed by atoms with Crippen molar-refractivity contribution < 1.29 is 0 Å². The molecule has 3 heterocycles. The Balaban J connectivity index is 1.42. The van der Waals surface area contributed by atoms with Gasteiger partial charge in [0.25, 0.3) is 0 Å². The molecule has 218 valence electrons. The highest BCUT2D eigenvalue weighted by Gasteiger charge is 2.42. The van der Waals surface area contributed by atoms with E-state index in [1.165, 1.54) is 57.8 Å². The van der Waals surface area contributed by atoms with Crippen LogP contribution in [-0.2, 0) is 0 Å². The van der Waals surface area contributed by atoms with Gasteiger partial charge >= 0.3 is 0 Å². The van der Waals surface area contributed by atoms with Crippen LogP contribution in [0.3, 0.4) is 0 Å². The lowest BCUT2D eigenvalue weighted by Gasteiger charge is -2.39. The summed E-state index contributed by atoms with van der Waals surface area (Å²) in [5.41, 5.74) is 0. The van der Waals surface area contributed by atoms with E-state index in [2.05, 4.69) is 66.5 Å². The van der Waals surface area contributed by atoms with Gasteiger partial charge in [0, 0.05) is 44.8 Å². The lowest BCUT2D eigenvalue weighted by atomic mass is 9.96. The molecule has 5 atom stereocenters. The van der Waals surface area contributed by atoms with Crippen LogP contribution in [0.25, 0.3) is 0 Å². The van der Waals surface area contributed by atoms with E-state index in [-0.39, 0.29) is 0 Å². The minimum atomic E-state index is 0.367. The fourth-order valence-corrected chi connectivity index (χ4v) is 7.76. The summed E-state index contributed by atoms with van der Waals surface area (Å²) >= 11 is 0. The molecule has 0 spiro atoms. The third-order valence-corrected chi connectivity index (χ3v) is 10.5. The van der Waals surface area contributed by atoms with Crippen LogP contribution in [0.1, 0.15) is 99.3 Å². The largest absolute Gasteiger partial charge is 0.354 e. The third kappa shape index (κ3) is 6.62. The minimum absolute atomic E-state index is 0.367. The Hall–Kier alpha value is -1.50. The molecule has 3 saturated heterocycles. The molecule has 4 rings (SSSR count). The monoisotopic (exact) mass is 529 g/mol. The van der Waals surface area contributed by atoms with Gasteiger partial charge in [0.1, 0.15) is 0 Å². The van der Waals surface area contributed by atoms with E-state index in [0.717, 1.165) is 51.1 Å². The summed E-state index contributed by atoms with van der Waals surface area (Å²) in [5.74, 6) is 4.00. The van der Waals surface area contributed by atoms with Gasteiger partial charge in [-0.25, -0.2) is 0 Å². The van der Waals surface area contributed by atoms with E-state index >= 15 is 0 Å². The number of rotatable bonds is 13. The summed E-state index contributed by atoms with van der Waals surface area (Å²) in [6.45, 7) is 20.1. The molecule has 3 N–H and O–H groups in total. The van der Waals surface area contributed by atoms with Crippen molar-refractivity contribution in [2.45, 2.75) is 123 Å². The standard InChI is InChI=1S/C31H59N7/c1-7-24(6)29-21-38(31(33)36(29)17-10-14-25-12-8-9-13-25)28(23(4)5)20-35-16-11-15-26(35)19-37-27(22(2)3)18-34-30(37)32/h22-29,33H,7-21H2,1-6H3,(H2,32,34)/t24-,26+,27+,28+,29+/m1/s1. The summed E-state index contributed by atoms with van der Waals surface area (Å²) in [6, 6.07) is 1.76. The summed E-state index contributed by atoms with van der Waals surface area (Å²) in [5, 5.41) is 21.2. The Labute approximate surface area is 234 Å². The molecule has 38 heavy (non-hydrogen) atoms. The molecule has 0 aromatic rings. The number of guanidine groups is 2. The molecule has 0 radical (unpaired) electrons. The van der Waals surface area contributed by atoms with E-state index in [9.17, 15) is 5.41 Å². The molecule has 1 aliphatic carbocycles. The average molecular weight is 530 g/mol. The highest BCUT2D eigenvalue weighted by atomic mass is 15.5. The number of nitrogens with zero attached hydrogens (tertiary/aromatic N) is 4. The van der Waals surface area contributed by atoms with Gasteiger partial charge in [-0.2, -0.15) is 0 Å². The van der Waals surface area contributed by atoms with Crippen molar-refractivity contribution in [2.75, 3.05) is 39.3 Å². The predicted molar refractivity (Wildman–Crippen MR) is 160 cm³/mol. The first kappa shape index (κ1) is 29.5. The SMILES string of the molecule is CC[C@@H](C)[C@@H]1CN([C@@H](CN2CCC[C@H]2CN2C(=N)NC[C@H]2C(C)C)C(C)C)C(=N)N1CCCC1CCCC1. The van der Waals surface area contributed by atoms with Gasteiger partial charge in [-0.1, -0.05) is 73.6 Å². The van der Waals surface area contributed by atoms with Gasteiger partial charge in [0.15, 0.2) is 11.9 Å². The zero-order valence-electron chi connectivity index (χ0n) is 25.5. The first-order valence-corrected chi connectivity index (χ1v) is 16.2. The predicted octanol–water partition coefficient (Wildman–Crippen LogP) is 5.28. The number of hydrogen-bond acceptors (Lipinski definition) is 3. The molecule has 0 amide bonds. The van der Waals surface area contributed by atoms with Crippen molar-refractivity contribution in [2.24, 2.45) is 23.7 Å². The van der Waals surface area contributed by atoms with Crippen molar-refractivity contribution in [3.63, 3.8) is 0 Å². The molecule has 3 aliphatic heterocycles. The van der Waals surface area contributed by atoms with Gasteiger partial charge in [-0.05, 0) is 55.9 Å². The third-order valence-electron chi connectivity index (χ3n) is 10.5. The summed E-state index contributed by atoms with van der Waals surface area (Å²) in [4.78, 5) is 10.0. The fourth-order valence-electron chi connectivity index (χ4n) is 7.76. The highest BCUT2D eigenvalue weighted by molar-refractivity contribution is 5.80. The second kappa shape index (κ2) is 13.2. The topological polar surface area (TPSA) is 72.7 Å². The molecular formula is C31H59N7. The Kier molecular flexibility index (Phi) is 10.3. The Bertz CT molecular complexity index is 776. The van der Waals surface area contributed by atoms with Crippen LogP contribution in [0.5, 0.6) is 0 Å². The minimum Gasteiger partial charge on any atom is -0.354 e. The Morgan fingerprint density at radius 3 is 2.34 bits per heavy atom. The van der Waals surface area contributed by atoms with Crippen LogP contribution >= 0.6 is 0 Å². The molecule has 4 fully saturated rings. The zero-order chi connectivity index (χ0) is 27.4. The zero-order valence-corrected chi connectivity index (χ0v) is 25.5. The van der Waals surface area contributed by atoms with Crippen LogP contribution in [0.2, 0.25) is 0 Å². The lowest BCUT2D eigenvalue weighted by molar-refractivity contribution is 0.130. The van der Waals surface area contributed by atoms with Crippen molar-refractivity contribution in [1.82, 2.24) is 24.9 Å². The number of likely N-dealkylation sites (tertiary alicyclic amines) is 1. The van der Waals surface area contributed by atoms with E-state index in [4.69, 9.17) is 5.41 Å². The molecule has 0 aromatic carbocycles. The molecule has 0 unspecified atom stereocenters. The lowest BCUT2D eigenvalue weighted by Crippen LogP contribution is -2.52. The van der Waals surface area contributed by atoms with Crippen LogP contribution in [-0.4, -0.2) is 95.0 Å². The molecule has 0 bridgehead atoms. The average Bonchev–Trinajstić information content (AvgIpc) is 3.68. The van der Waals surface area contributed by atoms with E-state index < -0.39 is 0 Å². The molecule has 4 aliphatic rings. The summed E-state index contributed by atoms with van der Waals surface area (Å²) in [7, 11) is 0. The first-order chi connectivity index (χ1) is 18.2. The van der Waals surface area contributed by atoms with Gasteiger partial charge in [0.2, 0.25) is 0 Å². The maximum Gasteiger partial charge on any atom is 0.194 e. The van der Waals surface area contributed by atoms with Gasteiger partial charge in [-0.15, -0.1) is 0 Å². The number of nitrogens with one attached hydrogen (secondary N) is 3. The van der Waals surface area contributed by atoms with Crippen molar-refractivity contribution in [1.29, 1.82) is 10.8 Å². The van der Waals surface area contributed by atoms with Gasteiger partial charge < -0.3 is 20.0 Å². The van der Waals surface area contributed by atoms with Crippen LogP contribution in [0.4, 0.5) is 0 Å². The van der Waals surface area contributed by atoms with E-state index in [0.29, 0.717) is 47.9 Å².